The summed E-state index contributed by atoms with van der Waals surface area (Å²) in [6.07, 6.45) is 1.27. The maximum Gasteiger partial charge on any atom is 0.345 e. The normalized spacial score (nSPS) is 10.4. The summed E-state index contributed by atoms with van der Waals surface area (Å²) in [7, 11) is 1.57. The maximum absolute atomic E-state index is 11.3. The van der Waals surface area contributed by atoms with E-state index in [1.807, 2.05) is 0 Å². The summed E-state index contributed by atoms with van der Waals surface area (Å²) < 4.78 is 5.06. The zero-order valence-corrected chi connectivity index (χ0v) is 14.8. The highest BCUT2D eigenvalue weighted by atomic mass is 35.5. The molecule has 0 fully saturated rings. The van der Waals surface area contributed by atoms with Crippen LogP contribution >= 0.6 is 23.8 Å². The zero-order valence-electron chi connectivity index (χ0n) is 13.2. The molecule has 2 N–H and O–H groups in total. The van der Waals surface area contributed by atoms with Crippen molar-refractivity contribution in [2.75, 3.05) is 7.11 Å². The first kappa shape index (κ1) is 18.5. The van der Waals surface area contributed by atoms with E-state index >= 15 is 0 Å². The van der Waals surface area contributed by atoms with Gasteiger partial charge in [0.1, 0.15) is 16.3 Å². The SMILES string of the molecule is COc1ccc(C#C/C(=C\NC(=S)c2ccc(Cl)cc2)C(=O)O)cc1. The minimum absolute atomic E-state index is 0.105. The molecule has 0 bridgehead atoms. The number of hydrogen-bond acceptors (Lipinski definition) is 3. The molecular weight excluding hydrogens is 358 g/mol. The lowest BCUT2D eigenvalue weighted by molar-refractivity contribution is -0.132. The van der Waals surface area contributed by atoms with E-state index in [9.17, 15) is 9.90 Å². The lowest BCUT2D eigenvalue weighted by Gasteiger charge is -2.04. The standard InChI is InChI=1S/C19H14ClNO3S/c1-24-17-10-3-13(4-11-17)2-5-15(19(22)23)12-21-18(25)14-6-8-16(20)9-7-14/h3-4,6-12H,1H3,(H,21,25)(H,22,23)/b15-12+. The Morgan fingerprint density at radius 1 is 1.20 bits per heavy atom. The van der Waals surface area contributed by atoms with Crippen molar-refractivity contribution in [3.8, 4) is 17.6 Å². The first-order valence-electron chi connectivity index (χ1n) is 7.15. The van der Waals surface area contributed by atoms with Crippen LogP contribution in [0.5, 0.6) is 5.75 Å². The number of thiocarbonyl (C=S) groups is 1. The number of halogens is 1. The van der Waals surface area contributed by atoms with Crippen LogP contribution in [0, 0.1) is 11.8 Å². The molecule has 0 spiro atoms. The third-order valence-corrected chi connectivity index (χ3v) is 3.72. The molecule has 0 aliphatic heterocycles. The first-order valence-corrected chi connectivity index (χ1v) is 7.94. The number of methoxy groups -OCH3 is 1. The number of ether oxygens (including phenoxy) is 1. The van der Waals surface area contributed by atoms with E-state index in [0.717, 1.165) is 5.56 Å². The number of benzene rings is 2. The molecule has 0 aliphatic rings. The fourth-order valence-corrected chi connectivity index (χ4v) is 2.11. The number of carbonyl (C=O) groups is 1. The minimum Gasteiger partial charge on any atom is -0.497 e. The van der Waals surface area contributed by atoms with Gasteiger partial charge in [-0.25, -0.2) is 4.79 Å². The predicted molar refractivity (Wildman–Crippen MR) is 102 cm³/mol. The summed E-state index contributed by atoms with van der Waals surface area (Å²) in [6.45, 7) is 0. The Morgan fingerprint density at radius 2 is 1.84 bits per heavy atom. The zero-order chi connectivity index (χ0) is 18.2. The van der Waals surface area contributed by atoms with Crippen LogP contribution in [-0.2, 0) is 4.79 Å². The molecule has 2 aromatic rings. The highest BCUT2D eigenvalue weighted by Gasteiger charge is 2.05. The van der Waals surface area contributed by atoms with Gasteiger partial charge in [-0.2, -0.15) is 0 Å². The highest BCUT2D eigenvalue weighted by molar-refractivity contribution is 7.80. The van der Waals surface area contributed by atoms with Crippen molar-refractivity contribution in [1.82, 2.24) is 5.32 Å². The third kappa shape index (κ3) is 5.64. The molecule has 0 saturated carbocycles. The molecule has 2 rings (SSSR count). The van der Waals surface area contributed by atoms with Gasteiger partial charge in [0.15, 0.2) is 0 Å². The fraction of sp³-hybridized carbons (Fsp3) is 0.0526. The van der Waals surface area contributed by atoms with Crippen molar-refractivity contribution >= 4 is 34.8 Å². The van der Waals surface area contributed by atoms with Crippen molar-refractivity contribution < 1.29 is 14.6 Å². The van der Waals surface area contributed by atoms with Gasteiger partial charge in [-0.05, 0) is 36.4 Å². The van der Waals surface area contributed by atoms with Gasteiger partial charge in [-0.1, -0.05) is 47.8 Å². The topological polar surface area (TPSA) is 58.6 Å². The largest absolute Gasteiger partial charge is 0.497 e. The number of carboxylic acid groups (broad SMARTS) is 1. The lowest BCUT2D eigenvalue weighted by Crippen LogP contribution is -2.17. The summed E-state index contributed by atoms with van der Waals surface area (Å²) >= 11 is 11.0. The number of carboxylic acids is 1. The molecule has 0 atom stereocenters. The molecular formula is C19H14ClNO3S. The van der Waals surface area contributed by atoms with Crippen LogP contribution < -0.4 is 10.1 Å². The Kier molecular flexibility index (Phi) is 6.58. The molecule has 2 aromatic carbocycles. The predicted octanol–water partition coefficient (Wildman–Crippen LogP) is 3.63. The Bertz CT molecular complexity index is 862. The summed E-state index contributed by atoms with van der Waals surface area (Å²) in [4.78, 5) is 11.7. The lowest BCUT2D eigenvalue weighted by atomic mass is 10.2. The van der Waals surface area contributed by atoms with Crippen LogP contribution in [0.1, 0.15) is 11.1 Å². The number of rotatable bonds is 4. The molecule has 0 heterocycles. The molecule has 0 aliphatic carbocycles. The van der Waals surface area contributed by atoms with Crippen molar-refractivity contribution in [3.05, 3.63) is 76.5 Å². The number of nitrogens with one attached hydrogen (secondary N) is 1. The van der Waals surface area contributed by atoms with Gasteiger partial charge in [0.05, 0.1) is 7.11 Å². The quantitative estimate of drug-likeness (QED) is 0.488. The molecule has 0 amide bonds. The fourth-order valence-electron chi connectivity index (χ4n) is 1.79. The minimum atomic E-state index is -1.15. The van der Waals surface area contributed by atoms with E-state index in [2.05, 4.69) is 17.2 Å². The Hall–Kier alpha value is -2.81. The Labute approximate surface area is 156 Å². The van der Waals surface area contributed by atoms with Crippen molar-refractivity contribution in [2.24, 2.45) is 0 Å². The second-order valence-corrected chi connectivity index (χ2v) is 5.67. The van der Waals surface area contributed by atoms with E-state index in [4.69, 9.17) is 28.6 Å². The summed E-state index contributed by atoms with van der Waals surface area (Å²) in [5.41, 5.74) is 1.30. The molecule has 126 valence electrons. The van der Waals surface area contributed by atoms with Crippen molar-refractivity contribution in [3.63, 3.8) is 0 Å². The Balaban J connectivity index is 2.13. The average Bonchev–Trinajstić information content (AvgIpc) is 2.62. The second-order valence-electron chi connectivity index (χ2n) is 4.82. The van der Waals surface area contributed by atoms with Gasteiger partial charge in [-0.15, -0.1) is 0 Å². The van der Waals surface area contributed by atoms with Gasteiger partial charge in [0.25, 0.3) is 0 Å². The van der Waals surface area contributed by atoms with Crippen LogP contribution in [-0.4, -0.2) is 23.2 Å². The van der Waals surface area contributed by atoms with Gasteiger partial charge < -0.3 is 15.2 Å². The van der Waals surface area contributed by atoms with Gasteiger partial charge in [0.2, 0.25) is 0 Å². The van der Waals surface area contributed by atoms with E-state index in [0.29, 0.717) is 21.3 Å². The second kappa shape index (κ2) is 8.88. The van der Waals surface area contributed by atoms with Crippen LogP contribution in [0.15, 0.2) is 60.3 Å². The van der Waals surface area contributed by atoms with Crippen LogP contribution in [0.25, 0.3) is 0 Å². The van der Waals surface area contributed by atoms with Crippen molar-refractivity contribution in [1.29, 1.82) is 0 Å². The number of aliphatic carboxylic acids is 1. The Morgan fingerprint density at radius 3 is 2.40 bits per heavy atom. The molecule has 0 aromatic heterocycles. The van der Waals surface area contributed by atoms with Crippen LogP contribution in [0.2, 0.25) is 5.02 Å². The smallest absolute Gasteiger partial charge is 0.345 e. The van der Waals surface area contributed by atoms with Crippen LogP contribution in [0.3, 0.4) is 0 Å². The van der Waals surface area contributed by atoms with Crippen LogP contribution in [0.4, 0.5) is 0 Å². The first-order chi connectivity index (χ1) is 12.0. The monoisotopic (exact) mass is 371 g/mol. The molecule has 0 radical (unpaired) electrons. The highest BCUT2D eigenvalue weighted by Crippen LogP contribution is 2.11. The van der Waals surface area contributed by atoms with E-state index in [1.54, 1.807) is 55.6 Å². The molecule has 0 saturated heterocycles. The van der Waals surface area contributed by atoms with Gasteiger partial charge in [-0.3, -0.25) is 0 Å². The summed E-state index contributed by atoms with van der Waals surface area (Å²) in [5.74, 6) is 4.97. The van der Waals surface area contributed by atoms with E-state index in [1.165, 1.54) is 6.20 Å². The van der Waals surface area contributed by atoms with Crippen molar-refractivity contribution in [2.45, 2.75) is 0 Å². The summed E-state index contributed by atoms with van der Waals surface area (Å²) in [5, 5.41) is 12.6. The molecule has 6 heteroatoms. The summed E-state index contributed by atoms with van der Waals surface area (Å²) in [6, 6.07) is 13.9. The molecule has 25 heavy (non-hydrogen) atoms. The molecule has 4 nitrogen and oxygen atoms in total. The number of hydrogen-bond donors (Lipinski definition) is 2. The average molecular weight is 372 g/mol. The third-order valence-electron chi connectivity index (χ3n) is 3.12. The maximum atomic E-state index is 11.3. The van der Waals surface area contributed by atoms with E-state index < -0.39 is 5.97 Å². The van der Waals surface area contributed by atoms with Gasteiger partial charge in [0, 0.05) is 22.3 Å². The van der Waals surface area contributed by atoms with E-state index in [-0.39, 0.29) is 5.57 Å². The molecule has 0 unspecified atom stereocenters. The van der Waals surface area contributed by atoms with Gasteiger partial charge >= 0.3 is 5.97 Å².